The molecule has 5 nitrogen and oxygen atoms in total. The van der Waals surface area contributed by atoms with Gasteiger partial charge in [0.15, 0.2) is 5.54 Å². The summed E-state index contributed by atoms with van der Waals surface area (Å²) in [6.07, 6.45) is 1.43. The van der Waals surface area contributed by atoms with Crippen molar-refractivity contribution in [2.75, 3.05) is 0 Å². The van der Waals surface area contributed by atoms with Crippen molar-refractivity contribution >= 4 is 27.9 Å². The molecule has 0 saturated carbocycles. The van der Waals surface area contributed by atoms with Gasteiger partial charge in [-0.25, -0.2) is 9.18 Å². The zero-order chi connectivity index (χ0) is 15.9. The first-order valence-electron chi connectivity index (χ1n) is 6.54. The molecule has 7 heteroatoms. The Hall–Kier alpha value is -2.15. The van der Waals surface area contributed by atoms with Crippen LogP contribution in [0.1, 0.15) is 18.2 Å². The van der Waals surface area contributed by atoms with Crippen LogP contribution >= 0.6 is 15.9 Å². The number of furan rings is 1. The molecule has 1 saturated heterocycles. The molecule has 1 aliphatic heterocycles. The minimum absolute atomic E-state index is 0.139. The number of carbonyl (C=O) groups is 2. The van der Waals surface area contributed by atoms with E-state index in [1.165, 1.54) is 18.4 Å². The van der Waals surface area contributed by atoms with E-state index in [-0.39, 0.29) is 12.1 Å². The van der Waals surface area contributed by atoms with Gasteiger partial charge < -0.3 is 9.73 Å². The Morgan fingerprint density at radius 1 is 1.36 bits per heavy atom. The van der Waals surface area contributed by atoms with E-state index in [0.29, 0.717) is 10.2 Å². The molecular formula is C15H12BrFN2O3. The van der Waals surface area contributed by atoms with Crippen LogP contribution < -0.4 is 5.32 Å². The first-order valence-corrected chi connectivity index (χ1v) is 7.33. The van der Waals surface area contributed by atoms with E-state index in [2.05, 4.69) is 21.2 Å². The van der Waals surface area contributed by atoms with Gasteiger partial charge in [0.1, 0.15) is 11.6 Å². The van der Waals surface area contributed by atoms with Crippen molar-refractivity contribution < 1.29 is 18.4 Å². The van der Waals surface area contributed by atoms with Crippen LogP contribution in [0, 0.1) is 5.82 Å². The molecule has 1 aromatic heterocycles. The van der Waals surface area contributed by atoms with Crippen LogP contribution in [0.4, 0.5) is 9.18 Å². The second-order valence-electron chi connectivity index (χ2n) is 5.16. The van der Waals surface area contributed by atoms with Crippen LogP contribution in [-0.2, 0) is 16.9 Å². The summed E-state index contributed by atoms with van der Waals surface area (Å²) in [4.78, 5) is 25.6. The Kier molecular flexibility index (Phi) is 3.52. The molecule has 1 aliphatic rings. The number of halogens is 2. The van der Waals surface area contributed by atoms with Gasteiger partial charge in [0, 0.05) is 10.0 Å². The molecule has 1 unspecified atom stereocenters. The number of hydrogen-bond donors (Lipinski definition) is 1. The van der Waals surface area contributed by atoms with Gasteiger partial charge in [0.2, 0.25) is 0 Å². The van der Waals surface area contributed by atoms with Crippen LogP contribution in [-0.4, -0.2) is 16.8 Å². The fourth-order valence-corrected chi connectivity index (χ4v) is 2.72. The van der Waals surface area contributed by atoms with Gasteiger partial charge in [-0.3, -0.25) is 9.69 Å². The first kappa shape index (κ1) is 14.8. The van der Waals surface area contributed by atoms with Crippen molar-refractivity contribution in [2.24, 2.45) is 0 Å². The number of rotatable bonds is 3. The lowest BCUT2D eigenvalue weighted by atomic mass is 9.99. The quantitative estimate of drug-likeness (QED) is 0.848. The third-order valence-corrected chi connectivity index (χ3v) is 4.13. The highest BCUT2D eigenvalue weighted by Crippen LogP contribution is 2.30. The average Bonchev–Trinajstić information content (AvgIpc) is 3.06. The lowest BCUT2D eigenvalue weighted by molar-refractivity contribution is -0.132. The van der Waals surface area contributed by atoms with Gasteiger partial charge >= 0.3 is 6.03 Å². The van der Waals surface area contributed by atoms with E-state index in [4.69, 9.17) is 4.42 Å². The zero-order valence-electron chi connectivity index (χ0n) is 11.6. The highest BCUT2D eigenvalue weighted by molar-refractivity contribution is 9.10. The molecule has 1 fully saturated rings. The van der Waals surface area contributed by atoms with Crippen LogP contribution in [0.2, 0.25) is 0 Å². The van der Waals surface area contributed by atoms with Crippen molar-refractivity contribution in [3.05, 3.63) is 58.2 Å². The SMILES string of the molecule is CC1(c2ccco2)NC(=O)N(Cc2ccc(Br)cc2F)C1=O. The maximum atomic E-state index is 13.9. The highest BCUT2D eigenvalue weighted by atomic mass is 79.9. The van der Waals surface area contributed by atoms with Gasteiger partial charge in [0.05, 0.1) is 12.8 Å². The summed E-state index contributed by atoms with van der Waals surface area (Å²) in [6, 6.07) is 7.15. The molecule has 0 radical (unpaired) electrons. The van der Waals surface area contributed by atoms with Gasteiger partial charge in [-0.1, -0.05) is 22.0 Å². The van der Waals surface area contributed by atoms with E-state index < -0.39 is 23.3 Å². The summed E-state index contributed by atoms with van der Waals surface area (Å²) in [5.41, 5.74) is -1.01. The largest absolute Gasteiger partial charge is 0.466 e. The number of imide groups is 1. The second kappa shape index (κ2) is 5.24. The molecule has 1 N–H and O–H groups in total. The number of hydrogen-bond acceptors (Lipinski definition) is 3. The molecule has 3 amide bonds. The van der Waals surface area contributed by atoms with Gasteiger partial charge in [0.25, 0.3) is 5.91 Å². The Labute approximate surface area is 134 Å². The summed E-state index contributed by atoms with van der Waals surface area (Å²) < 4.78 is 19.7. The first-order chi connectivity index (χ1) is 10.4. The topological polar surface area (TPSA) is 62.6 Å². The highest BCUT2D eigenvalue weighted by Gasteiger charge is 2.50. The zero-order valence-corrected chi connectivity index (χ0v) is 13.2. The van der Waals surface area contributed by atoms with E-state index in [9.17, 15) is 14.0 Å². The molecule has 2 aromatic rings. The Morgan fingerprint density at radius 2 is 2.14 bits per heavy atom. The Bertz CT molecular complexity index is 747. The average molecular weight is 367 g/mol. The molecule has 1 atom stereocenters. The predicted octanol–water partition coefficient (Wildman–Crippen LogP) is 3.15. The van der Waals surface area contributed by atoms with Gasteiger partial charge in [-0.2, -0.15) is 0 Å². The van der Waals surface area contributed by atoms with Crippen molar-refractivity contribution in [3.8, 4) is 0 Å². The fraction of sp³-hybridized carbons (Fsp3) is 0.200. The summed E-state index contributed by atoms with van der Waals surface area (Å²) in [6.45, 7) is 1.42. The van der Waals surface area contributed by atoms with Crippen molar-refractivity contribution in [1.82, 2.24) is 10.2 Å². The molecule has 0 aliphatic carbocycles. The van der Waals surface area contributed by atoms with Crippen LogP contribution in [0.5, 0.6) is 0 Å². The van der Waals surface area contributed by atoms with E-state index in [1.54, 1.807) is 25.1 Å². The normalized spacial score (nSPS) is 21.3. The molecule has 2 heterocycles. The predicted molar refractivity (Wildman–Crippen MR) is 79.2 cm³/mol. The summed E-state index contributed by atoms with van der Waals surface area (Å²) >= 11 is 3.16. The minimum atomic E-state index is -1.27. The molecule has 114 valence electrons. The lowest BCUT2D eigenvalue weighted by Gasteiger charge is -2.19. The molecule has 3 rings (SSSR count). The van der Waals surface area contributed by atoms with Crippen molar-refractivity contribution in [1.29, 1.82) is 0 Å². The standard InChI is InChI=1S/C15H12BrFN2O3/c1-15(12-3-2-6-22-12)13(20)19(14(21)18-15)8-9-4-5-10(16)7-11(9)17/h2-7H,8H2,1H3,(H,18,21). The monoisotopic (exact) mass is 366 g/mol. The summed E-state index contributed by atoms with van der Waals surface area (Å²) in [5, 5.41) is 2.60. The van der Waals surface area contributed by atoms with Gasteiger partial charge in [-0.05, 0) is 31.2 Å². The Morgan fingerprint density at radius 3 is 2.77 bits per heavy atom. The molecule has 0 spiro atoms. The smallest absolute Gasteiger partial charge is 0.325 e. The number of nitrogens with zero attached hydrogens (tertiary/aromatic N) is 1. The summed E-state index contributed by atoms with van der Waals surface area (Å²) in [5.74, 6) is -0.624. The minimum Gasteiger partial charge on any atom is -0.466 e. The van der Waals surface area contributed by atoms with Crippen molar-refractivity contribution in [3.63, 3.8) is 0 Å². The molecule has 1 aromatic carbocycles. The molecule has 0 bridgehead atoms. The fourth-order valence-electron chi connectivity index (χ4n) is 2.39. The van der Waals surface area contributed by atoms with Crippen LogP contribution in [0.15, 0.2) is 45.5 Å². The van der Waals surface area contributed by atoms with E-state index in [1.807, 2.05) is 0 Å². The van der Waals surface area contributed by atoms with Crippen LogP contribution in [0.25, 0.3) is 0 Å². The number of urea groups is 1. The van der Waals surface area contributed by atoms with E-state index in [0.717, 1.165) is 4.90 Å². The summed E-state index contributed by atoms with van der Waals surface area (Å²) in [7, 11) is 0. The third kappa shape index (κ3) is 2.31. The second-order valence-corrected chi connectivity index (χ2v) is 6.08. The maximum absolute atomic E-state index is 13.9. The number of amides is 3. The Balaban J connectivity index is 1.89. The molecule has 22 heavy (non-hydrogen) atoms. The van der Waals surface area contributed by atoms with Crippen molar-refractivity contribution in [2.45, 2.75) is 19.0 Å². The lowest BCUT2D eigenvalue weighted by Crippen LogP contribution is -2.40. The maximum Gasteiger partial charge on any atom is 0.325 e. The number of nitrogens with one attached hydrogen (secondary N) is 1. The van der Waals surface area contributed by atoms with Gasteiger partial charge in [-0.15, -0.1) is 0 Å². The number of benzene rings is 1. The van der Waals surface area contributed by atoms with E-state index >= 15 is 0 Å². The van der Waals surface area contributed by atoms with Crippen LogP contribution in [0.3, 0.4) is 0 Å². The number of carbonyl (C=O) groups excluding carboxylic acids is 2. The molecular weight excluding hydrogens is 355 g/mol. The third-order valence-electron chi connectivity index (χ3n) is 3.63.